The molecule has 0 amide bonds. The first-order valence-corrected chi connectivity index (χ1v) is 15.2. The van der Waals surface area contributed by atoms with Gasteiger partial charge in [-0.25, -0.2) is 14.2 Å². The zero-order valence-electron chi connectivity index (χ0n) is 22.2. The largest absolute Gasteiger partial charge is 0.465 e. The van der Waals surface area contributed by atoms with E-state index in [1.54, 1.807) is 18.2 Å². The molecular formula is C29H27Cl2FN4O4S. The molecule has 3 aliphatic rings. The van der Waals surface area contributed by atoms with Crippen molar-refractivity contribution in [3.8, 4) is 11.3 Å². The summed E-state index contributed by atoms with van der Waals surface area (Å²) in [4.78, 5) is 21.2. The predicted molar refractivity (Wildman–Crippen MR) is 156 cm³/mol. The average Bonchev–Trinajstić information content (AvgIpc) is 3.37. The highest BCUT2D eigenvalue weighted by Gasteiger charge is 2.39. The number of hydrogen-bond acceptors (Lipinski definition) is 9. The molecule has 7 rings (SSSR count). The maximum Gasteiger partial charge on any atom is 0.338 e. The van der Waals surface area contributed by atoms with E-state index in [9.17, 15) is 9.18 Å². The number of aromatic nitrogens is 2. The monoisotopic (exact) mass is 616 g/mol. The SMILES string of the molecule is COC(=O)c1cc(F)c2nc(N3CCN4C[C@@H](OCc5c(-c6c(Cl)cccc6Cl)noc5C5CC5)CC4C3)sc2c1. The molecule has 2 aromatic carbocycles. The number of benzene rings is 2. The van der Waals surface area contributed by atoms with Gasteiger partial charge in [-0.2, -0.15) is 0 Å². The van der Waals surface area contributed by atoms with Gasteiger partial charge in [0.05, 0.1) is 40.1 Å². The lowest BCUT2D eigenvalue weighted by atomic mass is 10.0. The number of fused-ring (bicyclic) bond motifs is 2. The minimum Gasteiger partial charge on any atom is -0.465 e. The highest BCUT2D eigenvalue weighted by Crippen LogP contribution is 2.46. The van der Waals surface area contributed by atoms with Gasteiger partial charge < -0.3 is 18.9 Å². The van der Waals surface area contributed by atoms with Crippen LogP contribution in [0.25, 0.3) is 21.5 Å². The fourth-order valence-corrected chi connectivity index (χ4v) is 7.52. The third-order valence-corrected chi connectivity index (χ3v) is 9.83. The first kappa shape index (κ1) is 27.1. The van der Waals surface area contributed by atoms with Crippen molar-refractivity contribution in [3.63, 3.8) is 0 Å². The van der Waals surface area contributed by atoms with Gasteiger partial charge in [-0.15, -0.1) is 0 Å². The van der Waals surface area contributed by atoms with Gasteiger partial charge in [0.1, 0.15) is 17.0 Å². The van der Waals surface area contributed by atoms with Gasteiger partial charge in [0, 0.05) is 49.3 Å². The Kier molecular flexibility index (Phi) is 7.15. The number of anilines is 1. The average molecular weight is 618 g/mol. The second-order valence-corrected chi connectivity index (χ2v) is 12.6. The molecule has 8 nitrogen and oxygen atoms in total. The number of piperazine rings is 1. The summed E-state index contributed by atoms with van der Waals surface area (Å²) in [6, 6.07) is 8.54. The minimum absolute atomic E-state index is 0.0481. The van der Waals surface area contributed by atoms with Crippen molar-refractivity contribution in [3.05, 3.63) is 63.1 Å². The summed E-state index contributed by atoms with van der Waals surface area (Å²) in [6.07, 6.45) is 3.07. The number of ether oxygens (including phenoxy) is 2. The molecule has 1 unspecified atom stereocenters. The molecule has 1 aliphatic carbocycles. The van der Waals surface area contributed by atoms with Gasteiger partial charge in [0.15, 0.2) is 10.9 Å². The third kappa shape index (κ3) is 5.10. The summed E-state index contributed by atoms with van der Waals surface area (Å²) in [5.41, 5.74) is 2.73. The van der Waals surface area contributed by atoms with Crippen LogP contribution in [0.5, 0.6) is 0 Å². The van der Waals surface area contributed by atoms with E-state index in [4.69, 9.17) is 37.2 Å². The molecule has 1 saturated carbocycles. The normalized spacial score (nSPS) is 21.0. The lowest BCUT2D eigenvalue weighted by Gasteiger charge is -2.37. The number of nitrogens with zero attached hydrogens (tertiary/aromatic N) is 4. The molecule has 2 atom stereocenters. The summed E-state index contributed by atoms with van der Waals surface area (Å²) < 4.78 is 32.4. The number of methoxy groups -OCH3 is 1. The number of hydrogen-bond donors (Lipinski definition) is 0. The zero-order valence-corrected chi connectivity index (χ0v) is 24.6. The van der Waals surface area contributed by atoms with E-state index in [-0.39, 0.29) is 17.2 Å². The number of esters is 1. The number of carbonyl (C=O) groups excluding carboxylic acids is 1. The van der Waals surface area contributed by atoms with Gasteiger partial charge in [0.2, 0.25) is 0 Å². The number of halogens is 3. The molecule has 2 saturated heterocycles. The van der Waals surface area contributed by atoms with E-state index in [1.165, 1.54) is 24.5 Å². The standard InChI is InChI=1S/C29H27Cl2FN4O4S/c1-38-28(37)16-9-22(32)26-23(10-16)41-29(33-26)36-8-7-35-13-18(11-17(35)12-36)39-14-19-25(34-40-27(19)15-5-6-15)24-20(30)3-2-4-21(24)31/h2-4,9-10,15,17-18H,5-8,11-14H2,1H3/t17?,18-/m0/s1. The van der Waals surface area contributed by atoms with E-state index < -0.39 is 11.8 Å². The Bertz CT molecular complexity index is 1620. The fraction of sp³-hybridized carbons (Fsp3) is 0.414. The lowest BCUT2D eigenvalue weighted by Crippen LogP contribution is -2.50. The topological polar surface area (TPSA) is 80.9 Å². The highest BCUT2D eigenvalue weighted by atomic mass is 35.5. The Morgan fingerprint density at radius 2 is 2.00 bits per heavy atom. The van der Waals surface area contributed by atoms with Crippen molar-refractivity contribution in [1.82, 2.24) is 15.0 Å². The number of rotatable bonds is 7. The van der Waals surface area contributed by atoms with Crippen LogP contribution in [-0.4, -0.2) is 66.4 Å². The van der Waals surface area contributed by atoms with Crippen LogP contribution >= 0.6 is 34.5 Å². The van der Waals surface area contributed by atoms with Gasteiger partial charge in [0.25, 0.3) is 0 Å². The lowest BCUT2D eigenvalue weighted by molar-refractivity contribution is 0.0463. The maximum absolute atomic E-state index is 14.7. The van der Waals surface area contributed by atoms with Crippen molar-refractivity contribution in [1.29, 1.82) is 0 Å². The zero-order chi connectivity index (χ0) is 28.2. The van der Waals surface area contributed by atoms with Crippen molar-refractivity contribution < 1.29 is 23.2 Å². The molecule has 3 fully saturated rings. The van der Waals surface area contributed by atoms with Crippen LogP contribution in [0.2, 0.25) is 10.0 Å². The first-order chi connectivity index (χ1) is 19.9. The first-order valence-electron chi connectivity index (χ1n) is 13.6. The molecular weight excluding hydrogens is 590 g/mol. The smallest absolute Gasteiger partial charge is 0.338 e. The van der Waals surface area contributed by atoms with Crippen LogP contribution in [0.15, 0.2) is 34.9 Å². The van der Waals surface area contributed by atoms with Crippen molar-refractivity contribution in [2.75, 3.05) is 38.2 Å². The van der Waals surface area contributed by atoms with Crippen LogP contribution in [0.1, 0.15) is 46.9 Å². The van der Waals surface area contributed by atoms with Crippen LogP contribution in [-0.2, 0) is 16.1 Å². The van der Waals surface area contributed by atoms with E-state index in [2.05, 4.69) is 19.9 Å². The molecule has 0 spiro atoms. The Morgan fingerprint density at radius 3 is 2.76 bits per heavy atom. The minimum atomic E-state index is -0.566. The van der Waals surface area contributed by atoms with E-state index >= 15 is 0 Å². The molecule has 4 aromatic rings. The molecule has 2 aromatic heterocycles. The van der Waals surface area contributed by atoms with Crippen molar-refractivity contribution in [2.24, 2.45) is 0 Å². The van der Waals surface area contributed by atoms with Crippen molar-refractivity contribution >= 4 is 55.9 Å². The predicted octanol–water partition coefficient (Wildman–Crippen LogP) is 6.54. The Labute approximate surface area is 249 Å². The van der Waals surface area contributed by atoms with Gasteiger partial charge >= 0.3 is 5.97 Å². The Morgan fingerprint density at radius 1 is 1.20 bits per heavy atom. The van der Waals surface area contributed by atoms with Crippen LogP contribution in [0, 0.1) is 5.82 Å². The van der Waals surface area contributed by atoms with Crippen LogP contribution in [0.3, 0.4) is 0 Å². The Balaban J connectivity index is 1.05. The second-order valence-electron chi connectivity index (χ2n) is 10.8. The molecule has 4 heterocycles. The van der Waals surface area contributed by atoms with Crippen molar-refractivity contribution in [2.45, 2.75) is 43.9 Å². The summed E-state index contributed by atoms with van der Waals surface area (Å²) in [6.45, 7) is 3.62. The molecule has 41 heavy (non-hydrogen) atoms. The highest BCUT2D eigenvalue weighted by molar-refractivity contribution is 7.22. The molecule has 12 heteroatoms. The quantitative estimate of drug-likeness (QED) is 0.216. The summed E-state index contributed by atoms with van der Waals surface area (Å²) in [7, 11) is 1.28. The van der Waals surface area contributed by atoms with Gasteiger partial charge in [-0.1, -0.05) is 45.8 Å². The molecule has 0 bridgehead atoms. The summed E-state index contributed by atoms with van der Waals surface area (Å²) in [5.74, 6) is 0.150. The summed E-state index contributed by atoms with van der Waals surface area (Å²) in [5, 5.41) is 6.19. The van der Waals surface area contributed by atoms with Gasteiger partial charge in [-0.3, -0.25) is 4.90 Å². The van der Waals surface area contributed by atoms with E-state index in [1.807, 2.05) is 6.07 Å². The third-order valence-electron chi connectivity index (χ3n) is 8.14. The number of thiazole rings is 1. The maximum atomic E-state index is 14.7. The Hall–Kier alpha value is -2.76. The van der Waals surface area contributed by atoms with E-state index in [0.29, 0.717) is 44.6 Å². The second kappa shape index (κ2) is 10.8. The molecule has 0 N–H and O–H groups in total. The van der Waals surface area contributed by atoms with Crippen LogP contribution in [0.4, 0.5) is 9.52 Å². The summed E-state index contributed by atoms with van der Waals surface area (Å²) >= 11 is 14.4. The van der Waals surface area contributed by atoms with Crippen LogP contribution < -0.4 is 4.90 Å². The molecule has 0 radical (unpaired) electrons. The fourth-order valence-electron chi connectivity index (χ4n) is 5.89. The number of carbonyl (C=O) groups is 1. The molecule has 214 valence electrons. The van der Waals surface area contributed by atoms with E-state index in [0.717, 1.165) is 61.9 Å². The van der Waals surface area contributed by atoms with Gasteiger partial charge in [-0.05, 0) is 43.5 Å². The molecule has 2 aliphatic heterocycles.